The van der Waals surface area contributed by atoms with Gasteiger partial charge in [-0.2, -0.15) is 10.2 Å². The Bertz CT molecular complexity index is 1910. The quantitative estimate of drug-likeness (QED) is 0.246. The fourth-order valence-corrected chi connectivity index (χ4v) is 4.48. The van der Waals surface area contributed by atoms with Crippen LogP contribution < -0.4 is 15.8 Å². The van der Waals surface area contributed by atoms with Crippen molar-refractivity contribution in [3.8, 4) is 40.2 Å². The molecule has 11 heteroatoms. The summed E-state index contributed by atoms with van der Waals surface area (Å²) in [5.74, 6) is -1.03. The van der Waals surface area contributed by atoms with Crippen LogP contribution in [0.3, 0.4) is 0 Å². The molecule has 5 aromatic rings. The molecule has 0 saturated carbocycles. The van der Waals surface area contributed by atoms with Gasteiger partial charge in [0.05, 0.1) is 34.1 Å². The molecule has 0 fully saturated rings. The number of nitrogen functional groups attached to an aromatic ring is 1. The number of nitrogens with zero attached hydrogens (tertiary/aromatic N) is 5. The number of nitriles is 1. The largest absolute Gasteiger partial charge is 0.424 e. The van der Waals surface area contributed by atoms with E-state index in [0.29, 0.717) is 33.5 Å². The number of benzene rings is 2. The molecule has 41 heavy (non-hydrogen) atoms. The standard InChI is InChI=1S/C30H23F2N7O2/c1-15(2)29(40)38-19-7-10-21(22(31)11-19)27-24(25-26(39(27)4)18(12-33)13-35-28(25)34)17-5-8-20(9-6-17)41-30-36-14-23(32)16(3)37-30/h5-11,13-14H,1H2,2-4H3,(H2,34,35)(H,38,40). The summed E-state index contributed by atoms with van der Waals surface area (Å²) in [5.41, 5.74) is 9.61. The summed E-state index contributed by atoms with van der Waals surface area (Å²) >= 11 is 0. The number of rotatable bonds is 6. The first-order valence-corrected chi connectivity index (χ1v) is 12.3. The van der Waals surface area contributed by atoms with Crippen molar-refractivity contribution in [1.29, 1.82) is 5.26 Å². The topological polar surface area (TPSA) is 132 Å². The maximum absolute atomic E-state index is 15.7. The fraction of sp³-hybridized carbons (Fsp3) is 0.100. The van der Waals surface area contributed by atoms with Crippen molar-refractivity contribution in [3.63, 3.8) is 0 Å². The number of ether oxygens (including phenoxy) is 1. The lowest BCUT2D eigenvalue weighted by atomic mass is 9.97. The molecule has 204 valence electrons. The van der Waals surface area contributed by atoms with Crippen LogP contribution in [0.15, 0.2) is 67.0 Å². The third-order valence-corrected chi connectivity index (χ3v) is 6.48. The lowest BCUT2D eigenvalue weighted by Gasteiger charge is -2.12. The molecule has 0 bridgehead atoms. The lowest BCUT2D eigenvalue weighted by Crippen LogP contribution is -2.12. The highest BCUT2D eigenvalue weighted by atomic mass is 19.1. The predicted octanol–water partition coefficient (Wildman–Crippen LogP) is 6.04. The molecule has 3 N–H and O–H groups in total. The molecule has 0 atom stereocenters. The van der Waals surface area contributed by atoms with Crippen LogP contribution in [0.1, 0.15) is 18.2 Å². The Kier molecular flexibility index (Phi) is 6.90. The molecular formula is C30H23F2N7O2. The Morgan fingerprint density at radius 3 is 2.49 bits per heavy atom. The molecule has 3 aromatic heterocycles. The molecule has 2 aromatic carbocycles. The summed E-state index contributed by atoms with van der Waals surface area (Å²) in [6.07, 6.45) is 2.40. The van der Waals surface area contributed by atoms with Crippen LogP contribution in [-0.4, -0.2) is 25.4 Å². The molecular weight excluding hydrogens is 528 g/mol. The summed E-state index contributed by atoms with van der Waals surface area (Å²) < 4.78 is 36.6. The smallest absolute Gasteiger partial charge is 0.322 e. The first-order valence-electron chi connectivity index (χ1n) is 12.3. The van der Waals surface area contributed by atoms with E-state index in [1.807, 2.05) is 0 Å². The van der Waals surface area contributed by atoms with Crippen LogP contribution in [-0.2, 0) is 11.8 Å². The van der Waals surface area contributed by atoms with Crippen molar-refractivity contribution in [2.75, 3.05) is 11.1 Å². The van der Waals surface area contributed by atoms with E-state index in [2.05, 4.69) is 32.9 Å². The van der Waals surface area contributed by atoms with E-state index in [1.165, 1.54) is 19.2 Å². The number of carbonyl (C=O) groups excluding carboxylic acids is 1. The number of nitrogens with two attached hydrogens (primary N) is 1. The van der Waals surface area contributed by atoms with Gasteiger partial charge in [0.2, 0.25) is 0 Å². The Morgan fingerprint density at radius 2 is 1.85 bits per heavy atom. The normalized spacial score (nSPS) is 10.8. The third-order valence-electron chi connectivity index (χ3n) is 6.48. The van der Waals surface area contributed by atoms with Crippen molar-refractivity contribution < 1.29 is 18.3 Å². The number of hydrogen-bond acceptors (Lipinski definition) is 7. The Hall–Kier alpha value is -5.63. The molecule has 1 amide bonds. The van der Waals surface area contributed by atoms with Gasteiger partial charge in [0.25, 0.3) is 5.91 Å². The number of pyridine rings is 1. The summed E-state index contributed by atoms with van der Waals surface area (Å²) in [7, 11) is 1.71. The minimum atomic E-state index is -0.606. The zero-order valence-electron chi connectivity index (χ0n) is 22.3. The van der Waals surface area contributed by atoms with E-state index in [0.717, 1.165) is 6.20 Å². The Labute approximate surface area is 233 Å². The Balaban J connectivity index is 1.66. The van der Waals surface area contributed by atoms with Crippen LogP contribution in [0.4, 0.5) is 20.3 Å². The summed E-state index contributed by atoms with van der Waals surface area (Å²) in [6.45, 7) is 6.65. The van der Waals surface area contributed by atoms with Gasteiger partial charge in [-0.15, -0.1) is 0 Å². The minimum absolute atomic E-state index is 0.0180. The summed E-state index contributed by atoms with van der Waals surface area (Å²) in [4.78, 5) is 24.1. The van der Waals surface area contributed by atoms with E-state index in [9.17, 15) is 14.4 Å². The zero-order chi connectivity index (χ0) is 29.4. The van der Waals surface area contributed by atoms with Crippen LogP contribution in [0, 0.1) is 29.9 Å². The number of hydrogen-bond donors (Lipinski definition) is 2. The van der Waals surface area contributed by atoms with Crippen molar-refractivity contribution in [3.05, 3.63) is 89.9 Å². The second-order valence-electron chi connectivity index (χ2n) is 9.32. The average Bonchev–Trinajstić information content (AvgIpc) is 3.25. The number of nitrogens with one attached hydrogen (secondary N) is 1. The molecule has 0 radical (unpaired) electrons. The molecule has 0 unspecified atom stereocenters. The maximum Gasteiger partial charge on any atom is 0.322 e. The van der Waals surface area contributed by atoms with Gasteiger partial charge in [-0.25, -0.2) is 18.7 Å². The highest BCUT2D eigenvalue weighted by molar-refractivity contribution is 6.11. The predicted molar refractivity (Wildman–Crippen MR) is 151 cm³/mol. The first-order chi connectivity index (χ1) is 19.6. The molecule has 3 heterocycles. The van der Waals surface area contributed by atoms with Gasteiger partial charge in [-0.05, 0) is 49.7 Å². The number of aromatic nitrogens is 4. The molecule has 0 aliphatic heterocycles. The van der Waals surface area contributed by atoms with E-state index < -0.39 is 17.5 Å². The molecule has 9 nitrogen and oxygen atoms in total. The van der Waals surface area contributed by atoms with E-state index in [1.54, 1.807) is 54.9 Å². The number of amides is 1. The summed E-state index contributed by atoms with van der Waals surface area (Å²) in [6, 6.07) is 13.2. The molecule has 0 spiro atoms. The van der Waals surface area contributed by atoms with Crippen molar-refractivity contribution in [2.45, 2.75) is 13.8 Å². The molecule has 0 saturated heterocycles. The van der Waals surface area contributed by atoms with Gasteiger partial charge in [-0.1, -0.05) is 18.7 Å². The van der Waals surface area contributed by atoms with Crippen molar-refractivity contribution in [2.24, 2.45) is 7.05 Å². The SMILES string of the molecule is C=C(C)C(=O)Nc1ccc(-c2c(-c3ccc(Oc4ncc(F)c(C)n4)cc3)c3c(N)ncc(C#N)c3n2C)c(F)c1. The fourth-order valence-electron chi connectivity index (χ4n) is 4.48. The highest BCUT2D eigenvalue weighted by Gasteiger charge is 2.25. The third kappa shape index (κ3) is 4.94. The number of anilines is 2. The second kappa shape index (κ2) is 10.5. The van der Waals surface area contributed by atoms with Gasteiger partial charge in [0, 0.05) is 35.6 Å². The minimum Gasteiger partial charge on any atom is -0.424 e. The van der Waals surface area contributed by atoms with E-state index in [4.69, 9.17) is 10.5 Å². The van der Waals surface area contributed by atoms with Crippen LogP contribution in [0.2, 0.25) is 0 Å². The summed E-state index contributed by atoms with van der Waals surface area (Å²) in [5, 5.41) is 12.9. The van der Waals surface area contributed by atoms with Gasteiger partial charge >= 0.3 is 6.01 Å². The second-order valence-corrected chi connectivity index (χ2v) is 9.32. The Morgan fingerprint density at radius 1 is 1.12 bits per heavy atom. The number of fused-ring (bicyclic) bond motifs is 1. The van der Waals surface area contributed by atoms with Crippen LogP contribution in [0.25, 0.3) is 33.3 Å². The number of aryl methyl sites for hydroxylation is 2. The van der Waals surface area contributed by atoms with Gasteiger partial charge < -0.3 is 20.4 Å². The van der Waals surface area contributed by atoms with Gasteiger partial charge in [0.1, 0.15) is 23.5 Å². The van der Waals surface area contributed by atoms with Crippen molar-refractivity contribution in [1.82, 2.24) is 19.5 Å². The monoisotopic (exact) mass is 551 g/mol. The zero-order valence-corrected chi connectivity index (χ0v) is 22.3. The average molecular weight is 552 g/mol. The number of carbonyl (C=O) groups is 1. The van der Waals surface area contributed by atoms with Gasteiger partial charge in [-0.3, -0.25) is 4.79 Å². The lowest BCUT2D eigenvalue weighted by molar-refractivity contribution is -0.112. The maximum atomic E-state index is 15.7. The van der Waals surface area contributed by atoms with E-state index in [-0.39, 0.29) is 39.9 Å². The van der Waals surface area contributed by atoms with E-state index >= 15 is 4.39 Å². The van der Waals surface area contributed by atoms with Crippen LogP contribution >= 0.6 is 0 Å². The molecule has 0 aliphatic carbocycles. The molecule has 5 rings (SSSR count). The molecule has 0 aliphatic rings. The van der Waals surface area contributed by atoms with Gasteiger partial charge in [0.15, 0.2) is 5.82 Å². The highest BCUT2D eigenvalue weighted by Crippen LogP contribution is 2.44. The van der Waals surface area contributed by atoms with Crippen LogP contribution in [0.5, 0.6) is 11.8 Å². The first kappa shape index (κ1) is 27.0. The van der Waals surface area contributed by atoms with Crippen molar-refractivity contribution >= 4 is 28.3 Å². The number of halogens is 2.